The average Bonchev–Trinajstić information content (AvgIpc) is 3.40. The number of anilines is 2. The lowest BCUT2D eigenvalue weighted by Crippen LogP contribution is -2.55. The third-order valence-corrected chi connectivity index (χ3v) is 8.11. The first-order valence-electron chi connectivity index (χ1n) is 13.8. The van der Waals surface area contributed by atoms with E-state index in [9.17, 15) is 15.3 Å². The normalized spacial score (nSPS) is 19.1. The first-order valence-corrected chi connectivity index (χ1v) is 13.8. The van der Waals surface area contributed by atoms with E-state index in [4.69, 9.17) is 20.4 Å². The number of piperazine rings is 1. The van der Waals surface area contributed by atoms with Crippen LogP contribution in [0.2, 0.25) is 0 Å². The van der Waals surface area contributed by atoms with Gasteiger partial charge in [-0.3, -0.25) is 4.79 Å². The number of aryl methyl sites for hydroxylation is 1. The van der Waals surface area contributed by atoms with Gasteiger partial charge in [0.25, 0.3) is 0 Å². The largest absolute Gasteiger partial charge is 0.462 e. The number of ether oxygens (including phenoxy) is 1. The zero-order valence-electron chi connectivity index (χ0n) is 23.5. The summed E-state index contributed by atoms with van der Waals surface area (Å²) in [5, 5.41) is 20.4. The standard InChI is InChI=1S/C31H34N8O2/c1-4-29(40)39-13-12-38(18-23(39)9-10-32)30-27-14-21(17-33)26(25-15-22(34)8-7-20(25)2)16-28(27)35-31(36-30)41-19-24-6-5-11-37(24)3/h4,7-8,14-16,23-24H,1,5-6,9,11-13,18-19,34H2,2-3H3. The maximum Gasteiger partial charge on any atom is 0.319 e. The summed E-state index contributed by atoms with van der Waals surface area (Å²) < 4.78 is 6.19. The van der Waals surface area contributed by atoms with Gasteiger partial charge in [-0.1, -0.05) is 12.6 Å². The summed E-state index contributed by atoms with van der Waals surface area (Å²) >= 11 is 0. The third-order valence-electron chi connectivity index (χ3n) is 8.11. The van der Waals surface area contributed by atoms with E-state index in [2.05, 4.69) is 35.6 Å². The highest BCUT2D eigenvalue weighted by Crippen LogP contribution is 2.36. The number of aromatic nitrogens is 2. The molecular weight excluding hydrogens is 516 g/mol. The second-order valence-corrected chi connectivity index (χ2v) is 10.7. The van der Waals surface area contributed by atoms with E-state index in [-0.39, 0.29) is 30.4 Å². The molecule has 5 rings (SSSR count). The molecule has 2 N–H and O–H groups in total. The van der Waals surface area contributed by atoms with Crippen molar-refractivity contribution < 1.29 is 9.53 Å². The van der Waals surface area contributed by atoms with Crippen molar-refractivity contribution in [2.45, 2.75) is 38.3 Å². The number of hydrogen-bond acceptors (Lipinski definition) is 9. The topological polar surface area (TPSA) is 135 Å². The molecule has 2 saturated heterocycles. The molecule has 2 aliphatic heterocycles. The Labute approximate surface area is 240 Å². The number of nitriles is 2. The fraction of sp³-hybridized carbons (Fsp3) is 0.387. The minimum absolute atomic E-state index is 0.179. The molecule has 3 aromatic rings. The monoisotopic (exact) mass is 550 g/mol. The van der Waals surface area contributed by atoms with Gasteiger partial charge in [0.1, 0.15) is 12.4 Å². The number of fused-ring (bicyclic) bond motifs is 1. The van der Waals surface area contributed by atoms with Crippen molar-refractivity contribution in [1.82, 2.24) is 19.8 Å². The van der Waals surface area contributed by atoms with Crippen LogP contribution in [-0.2, 0) is 4.79 Å². The van der Waals surface area contributed by atoms with Crippen LogP contribution in [0.3, 0.4) is 0 Å². The fourth-order valence-electron chi connectivity index (χ4n) is 5.79. The Morgan fingerprint density at radius 2 is 2.00 bits per heavy atom. The lowest BCUT2D eigenvalue weighted by atomic mass is 9.94. The summed E-state index contributed by atoms with van der Waals surface area (Å²) in [6, 6.07) is 14.1. The summed E-state index contributed by atoms with van der Waals surface area (Å²) in [7, 11) is 2.09. The van der Waals surface area contributed by atoms with Gasteiger partial charge in [0.05, 0.1) is 35.7 Å². The maximum atomic E-state index is 12.5. The van der Waals surface area contributed by atoms with E-state index in [0.29, 0.717) is 54.2 Å². The van der Waals surface area contributed by atoms with Crippen LogP contribution < -0.4 is 15.4 Å². The summed E-state index contributed by atoms with van der Waals surface area (Å²) in [4.78, 5) is 28.2. The van der Waals surface area contributed by atoms with Gasteiger partial charge in [-0.15, -0.1) is 0 Å². The molecule has 2 fully saturated rings. The lowest BCUT2D eigenvalue weighted by molar-refractivity contribution is -0.128. The van der Waals surface area contributed by atoms with E-state index in [1.165, 1.54) is 6.08 Å². The average molecular weight is 551 g/mol. The van der Waals surface area contributed by atoms with Crippen LogP contribution in [0.1, 0.15) is 30.4 Å². The summed E-state index contributed by atoms with van der Waals surface area (Å²) in [5.74, 6) is 0.418. The number of likely N-dealkylation sites (tertiary alicyclic amines) is 1. The Kier molecular flexibility index (Phi) is 8.04. The lowest BCUT2D eigenvalue weighted by Gasteiger charge is -2.41. The van der Waals surface area contributed by atoms with Gasteiger partial charge in [-0.2, -0.15) is 20.5 Å². The van der Waals surface area contributed by atoms with Gasteiger partial charge < -0.3 is 25.2 Å². The predicted molar refractivity (Wildman–Crippen MR) is 158 cm³/mol. The van der Waals surface area contributed by atoms with E-state index >= 15 is 0 Å². The van der Waals surface area contributed by atoms with Gasteiger partial charge in [-0.05, 0) is 74.8 Å². The molecule has 2 unspecified atom stereocenters. The zero-order valence-corrected chi connectivity index (χ0v) is 23.5. The number of likely N-dealkylation sites (N-methyl/N-ethyl adjacent to an activating group) is 1. The van der Waals surface area contributed by atoms with Gasteiger partial charge in [0.2, 0.25) is 5.91 Å². The molecule has 0 bridgehead atoms. The molecule has 1 amide bonds. The summed E-state index contributed by atoms with van der Waals surface area (Å²) in [6.07, 6.45) is 3.64. The number of carbonyl (C=O) groups is 1. The molecule has 0 spiro atoms. The molecule has 3 heterocycles. The Morgan fingerprint density at radius 3 is 2.71 bits per heavy atom. The number of hydrogen-bond donors (Lipinski definition) is 1. The van der Waals surface area contributed by atoms with Crippen molar-refractivity contribution in [2.75, 3.05) is 50.5 Å². The number of benzene rings is 2. The molecular formula is C31H34N8O2. The number of carbonyl (C=O) groups excluding carboxylic acids is 1. The molecule has 41 heavy (non-hydrogen) atoms. The van der Waals surface area contributed by atoms with Crippen molar-refractivity contribution in [1.29, 1.82) is 10.5 Å². The Bertz CT molecular complexity index is 1570. The fourth-order valence-corrected chi connectivity index (χ4v) is 5.79. The Morgan fingerprint density at radius 1 is 1.17 bits per heavy atom. The highest BCUT2D eigenvalue weighted by Gasteiger charge is 2.31. The van der Waals surface area contributed by atoms with Gasteiger partial charge in [-0.25, -0.2) is 0 Å². The first-order chi connectivity index (χ1) is 19.8. The summed E-state index contributed by atoms with van der Waals surface area (Å²) in [6.45, 7) is 8.42. The van der Waals surface area contributed by atoms with Crippen molar-refractivity contribution in [3.05, 3.63) is 54.1 Å². The molecule has 10 nitrogen and oxygen atoms in total. The molecule has 2 aromatic carbocycles. The molecule has 2 aliphatic rings. The second-order valence-electron chi connectivity index (χ2n) is 10.7. The van der Waals surface area contributed by atoms with Gasteiger partial charge >= 0.3 is 6.01 Å². The van der Waals surface area contributed by atoms with Crippen LogP contribution in [0.5, 0.6) is 6.01 Å². The second kappa shape index (κ2) is 11.8. The van der Waals surface area contributed by atoms with Crippen molar-refractivity contribution in [2.24, 2.45) is 0 Å². The Balaban J connectivity index is 1.61. The van der Waals surface area contributed by atoms with Crippen LogP contribution in [0.25, 0.3) is 22.0 Å². The van der Waals surface area contributed by atoms with Crippen LogP contribution in [0.4, 0.5) is 11.5 Å². The van der Waals surface area contributed by atoms with E-state index in [0.717, 1.165) is 36.1 Å². The van der Waals surface area contributed by atoms with Crippen LogP contribution >= 0.6 is 0 Å². The molecule has 0 radical (unpaired) electrons. The molecule has 210 valence electrons. The van der Waals surface area contributed by atoms with Crippen LogP contribution in [0.15, 0.2) is 43.0 Å². The molecule has 0 saturated carbocycles. The highest BCUT2D eigenvalue weighted by atomic mass is 16.5. The minimum Gasteiger partial charge on any atom is -0.462 e. The predicted octanol–water partition coefficient (Wildman–Crippen LogP) is 3.65. The third kappa shape index (κ3) is 5.65. The minimum atomic E-state index is -0.328. The highest BCUT2D eigenvalue weighted by molar-refractivity contribution is 5.96. The van der Waals surface area contributed by atoms with Crippen LogP contribution in [-0.4, -0.2) is 77.6 Å². The molecule has 2 atom stereocenters. The van der Waals surface area contributed by atoms with Gasteiger partial charge in [0.15, 0.2) is 0 Å². The van der Waals surface area contributed by atoms with E-state index in [1.54, 1.807) is 4.90 Å². The SMILES string of the molecule is C=CC(=O)N1CCN(c2nc(OCC3CCCN3C)nc3cc(-c4cc(N)ccc4C)c(C#N)cc23)CC1CC#N. The first kappa shape index (κ1) is 27.9. The quantitative estimate of drug-likeness (QED) is 0.345. The maximum absolute atomic E-state index is 12.5. The number of rotatable bonds is 7. The van der Waals surface area contributed by atoms with E-state index in [1.807, 2.05) is 37.3 Å². The molecule has 0 aliphatic carbocycles. The van der Waals surface area contributed by atoms with Crippen molar-refractivity contribution in [3.8, 4) is 29.3 Å². The number of nitrogens with zero attached hydrogens (tertiary/aromatic N) is 7. The summed E-state index contributed by atoms with van der Waals surface area (Å²) in [5.41, 5.74) is 10.4. The van der Waals surface area contributed by atoms with Crippen molar-refractivity contribution >= 4 is 28.3 Å². The van der Waals surface area contributed by atoms with Gasteiger partial charge in [0, 0.05) is 42.3 Å². The molecule has 10 heteroatoms. The number of amides is 1. The Hall–Kier alpha value is -4.67. The van der Waals surface area contributed by atoms with Crippen molar-refractivity contribution in [3.63, 3.8) is 0 Å². The van der Waals surface area contributed by atoms with E-state index < -0.39 is 0 Å². The smallest absolute Gasteiger partial charge is 0.319 e. The zero-order chi connectivity index (χ0) is 29.1. The van der Waals surface area contributed by atoms with Crippen LogP contribution in [0, 0.1) is 29.6 Å². The number of nitrogens with two attached hydrogens (primary N) is 1. The molecule has 1 aromatic heterocycles. The number of nitrogen functional groups attached to an aromatic ring is 1.